The quantitative estimate of drug-likeness (QED) is 0.188. The molecule has 11 rings (SSSR count). The summed E-state index contributed by atoms with van der Waals surface area (Å²) in [5.74, 6) is 0.640. The van der Waals surface area contributed by atoms with Gasteiger partial charge in [-0.05, 0) is 64.0 Å². The molecule has 3 heterocycles. The number of aromatic nitrogens is 4. The summed E-state index contributed by atoms with van der Waals surface area (Å²) in [6, 6.07) is 64.8. The number of nitrogens with zero attached hydrogens (tertiary/aromatic N) is 4. The van der Waals surface area contributed by atoms with Crippen molar-refractivity contribution in [2.24, 2.45) is 0 Å². The first kappa shape index (κ1) is 28.8. The minimum atomic E-state index is 0.640. The highest BCUT2D eigenvalue weighted by molar-refractivity contribution is 6.23. The third kappa shape index (κ3) is 4.28. The largest absolute Gasteiger partial charge is 0.309 e. The van der Waals surface area contributed by atoms with E-state index in [4.69, 9.17) is 9.97 Å². The Morgan fingerprint density at radius 3 is 1.63 bits per heavy atom. The van der Waals surface area contributed by atoms with Crippen LogP contribution in [-0.4, -0.2) is 19.1 Å². The molecule has 0 aliphatic carbocycles. The lowest BCUT2D eigenvalue weighted by Crippen LogP contribution is -2.04. The Bertz CT molecular complexity index is 3110. The summed E-state index contributed by atoms with van der Waals surface area (Å²) in [5.41, 5.74) is 9.46. The van der Waals surface area contributed by atoms with Crippen LogP contribution in [0.3, 0.4) is 0 Å². The van der Waals surface area contributed by atoms with E-state index in [-0.39, 0.29) is 0 Å². The molecule has 242 valence electrons. The van der Waals surface area contributed by atoms with E-state index in [1.165, 1.54) is 43.4 Å². The number of hydrogen-bond acceptors (Lipinski definition) is 2. The third-order valence-electron chi connectivity index (χ3n) is 10.5. The Morgan fingerprint density at radius 1 is 0.327 bits per heavy atom. The van der Waals surface area contributed by atoms with Gasteiger partial charge in [-0.15, -0.1) is 0 Å². The van der Waals surface area contributed by atoms with Crippen LogP contribution in [0.5, 0.6) is 0 Å². The van der Waals surface area contributed by atoms with E-state index in [9.17, 15) is 0 Å². The van der Waals surface area contributed by atoms with Crippen LogP contribution < -0.4 is 0 Å². The van der Waals surface area contributed by atoms with Gasteiger partial charge in [0.05, 0.1) is 39.1 Å². The summed E-state index contributed by atoms with van der Waals surface area (Å²) >= 11 is 0. The molecule has 0 fully saturated rings. The van der Waals surface area contributed by atoms with E-state index in [1.807, 2.05) is 12.1 Å². The van der Waals surface area contributed by atoms with Crippen molar-refractivity contribution in [1.82, 2.24) is 19.1 Å². The maximum absolute atomic E-state index is 5.32. The van der Waals surface area contributed by atoms with Gasteiger partial charge in [-0.25, -0.2) is 9.97 Å². The molecule has 4 heteroatoms. The zero-order valence-corrected chi connectivity index (χ0v) is 28.1. The summed E-state index contributed by atoms with van der Waals surface area (Å²) < 4.78 is 4.72. The van der Waals surface area contributed by atoms with Gasteiger partial charge in [0.25, 0.3) is 0 Å². The Balaban J connectivity index is 1.29. The van der Waals surface area contributed by atoms with Crippen molar-refractivity contribution in [3.8, 4) is 34.2 Å². The van der Waals surface area contributed by atoms with Gasteiger partial charge >= 0.3 is 0 Å². The Labute approximate surface area is 299 Å². The van der Waals surface area contributed by atoms with Gasteiger partial charge < -0.3 is 4.57 Å². The van der Waals surface area contributed by atoms with Crippen molar-refractivity contribution >= 4 is 65.2 Å². The van der Waals surface area contributed by atoms with Gasteiger partial charge in [0.1, 0.15) is 0 Å². The third-order valence-corrected chi connectivity index (χ3v) is 10.5. The zero-order chi connectivity index (χ0) is 34.2. The summed E-state index contributed by atoms with van der Waals surface area (Å²) in [6.07, 6.45) is 0. The predicted octanol–water partition coefficient (Wildman–Crippen LogP) is 12.3. The number of fused-ring (bicyclic) bond motifs is 9. The van der Waals surface area contributed by atoms with Crippen LogP contribution in [-0.2, 0) is 0 Å². The lowest BCUT2D eigenvalue weighted by atomic mass is 10.0. The van der Waals surface area contributed by atoms with Gasteiger partial charge in [-0.3, -0.25) is 4.57 Å². The number of benzene rings is 8. The van der Waals surface area contributed by atoms with E-state index in [0.29, 0.717) is 5.95 Å². The minimum Gasteiger partial charge on any atom is -0.309 e. The van der Waals surface area contributed by atoms with Crippen molar-refractivity contribution in [3.63, 3.8) is 0 Å². The lowest BCUT2D eigenvalue weighted by Gasteiger charge is -2.13. The van der Waals surface area contributed by atoms with E-state index >= 15 is 0 Å². The Hall–Kier alpha value is -7.04. The topological polar surface area (TPSA) is 35.6 Å². The SMILES string of the molecule is c1ccc(-c2cc(-c3ccccc3)nc(-n3c4cc5ccccc5cc4c4c(-n5c6ccccc6c6c7ccccc7ccc65)cccc43)n2)cc1. The molecule has 11 aromatic rings. The Kier molecular flexibility index (Phi) is 6.22. The van der Waals surface area contributed by atoms with E-state index < -0.39 is 0 Å². The van der Waals surface area contributed by atoms with Crippen molar-refractivity contribution < 1.29 is 0 Å². The fourth-order valence-corrected chi connectivity index (χ4v) is 8.18. The van der Waals surface area contributed by atoms with Crippen LogP contribution in [0.1, 0.15) is 0 Å². The minimum absolute atomic E-state index is 0.640. The summed E-state index contributed by atoms with van der Waals surface area (Å²) in [6.45, 7) is 0. The molecule has 3 aromatic heterocycles. The standard InChI is InChI=1S/C48H30N4/c1-3-15-32(16-4-1)39-30-40(33-17-5-2-6-18-33)50-48(49-39)52-43-25-13-24-42(47(43)38-28-34-19-7-8-20-35(34)29-45(38)52)51-41-23-12-11-22-37(41)46-36-21-10-9-14-31(36)26-27-44(46)51/h1-30H. The number of para-hydroxylation sites is 1. The van der Waals surface area contributed by atoms with Crippen molar-refractivity contribution in [3.05, 3.63) is 182 Å². The van der Waals surface area contributed by atoms with Gasteiger partial charge in [0.15, 0.2) is 0 Å². The molecular formula is C48H30N4. The second-order valence-corrected chi connectivity index (χ2v) is 13.4. The van der Waals surface area contributed by atoms with Crippen LogP contribution in [0.15, 0.2) is 182 Å². The van der Waals surface area contributed by atoms with Gasteiger partial charge in [0.2, 0.25) is 5.95 Å². The van der Waals surface area contributed by atoms with Crippen LogP contribution in [0.2, 0.25) is 0 Å². The second kappa shape index (κ2) is 11.2. The summed E-state index contributed by atoms with van der Waals surface area (Å²) in [7, 11) is 0. The van der Waals surface area contributed by atoms with Crippen molar-refractivity contribution in [1.29, 1.82) is 0 Å². The monoisotopic (exact) mass is 662 g/mol. The van der Waals surface area contributed by atoms with E-state index in [2.05, 4.69) is 179 Å². The molecule has 0 saturated heterocycles. The highest BCUT2D eigenvalue weighted by atomic mass is 15.2. The average Bonchev–Trinajstić information content (AvgIpc) is 3.73. The first-order valence-electron chi connectivity index (χ1n) is 17.7. The van der Waals surface area contributed by atoms with E-state index in [0.717, 1.165) is 50.0 Å². The van der Waals surface area contributed by atoms with Crippen LogP contribution >= 0.6 is 0 Å². The van der Waals surface area contributed by atoms with Crippen molar-refractivity contribution in [2.75, 3.05) is 0 Å². The average molecular weight is 663 g/mol. The van der Waals surface area contributed by atoms with Crippen molar-refractivity contribution in [2.45, 2.75) is 0 Å². The lowest BCUT2D eigenvalue weighted by molar-refractivity contribution is 0.995. The fourth-order valence-electron chi connectivity index (χ4n) is 8.18. The molecule has 0 spiro atoms. The molecule has 0 aliphatic rings. The highest BCUT2D eigenvalue weighted by Gasteiger charge is 2.22. The first-order valence-corrected chi connectivity index (χ1v) is 17.7. The molecular weight excluding hydrogens is 633 g/mol. The molecule has 0 atom stereocenters. The maximum atomic E-state index is 5.32. The summed E-state index contributed by atoms with van der Waals surface area (Å²) in [4.78, 5) is 10.6. The molecule has 0 saturated carbocycles. The normalized spacial score (nSPS) is 11.8. The molecule has 8 aromatic carbocycles. The fraction of sp³-hybridized carbons (Fsp3) is 0. The molecule has 0 N–H and O–H groups in total. The van der Waals surface area contributed by atoms with Crippen LogP contribution in [0, 0.1) is 0 Å². The summed E-state index contributed by atoms with van der Waals surface area (Å²) in [5, 5.41) is 9.70. The Morgan fingerprint density at radius 2 is 0.904 bits per heavy atom. The molecule has 4 nitrogen and oxygen atoms in total. The predicted molar refractivity (Wildman–Crippen MR) is 217 cm³/mol. The maximum Gasteiger partial charge on any atom is 0.235 e. The molecule has 0 bridgehead atoms. The van der Waals surface area contributed by atoms with E-state index in [1.54, 1.807) is 0 Å². The van der Waals surface area contributed by atoms with Gasteiger partial charge in [-0.1, -0.05) is 140 Å². The second-order valence-electron chi connectivity index (χ2n) is 13.4. The highest BCUT2D eigenvalue weighted by Crippen LogP contribution is 2.42. The smallest absolute Gasteiger partial charge is 0.235 e. The molecule has 0 unspecified atom stereocenters. The number of hydrogen-bond donors (Lipinski definition) is 0. The molecule has 0 amide bonds. The zero-order valence-electron chi connectivity index (χ0n) is 28.1. The number of rotatable bonds is 4. The molecule has 0 radical (unpaired) electrons. The molecule has 0 aliphatic heterocycles. The van der Waals surface area contributed by atoms with Gasteiger partial charge in [0, 0.05) is 32.7 Å². The van der Waals surface area contributed by atoms with Crippen LogP contribution in [0.4, 0.5) is 0 Å². The molecule has 52 heavy (non-hydrogen) atoms. The first-order chi connectivity index (χ1) is 25.8. The van der Waals surface area contributed by atoms with Crippen LogP contribution in [0.25, 0.3) is 99.3 Å². The van der Waals surface area contributed by atoms with Gasteiger partial charge in [-0.2, -0.15) is 0 Å².